The number of rotatable bonds is 10. The minimum absolute atomic E-state index is 0.703. The highest BCUT2D eigenvalue weighted by Gasteiger charge is 2.34. The third-order valence-corrected chi connectivity index (χ3v) is 20.7. The maximum absolute atomic E-state index is 5.41. The molecule has 10 fully saturated rings. The van der Waals surface area contributed by atoms with E-state index in [1.165, 1.54) is 240 Å². The van der Waals surface area contributed by atoms with Crippen LogP contribution in [0.1, 0.15) is 192 Å². The van der Waals surface area contributed by atoms with Crippen LogP contribution in [0.2, 0.25) is 0 Å². The summed E-state index contributed by atoms with van der Waals surface area (Å²) in [7, 11) is 2.23. The number of hydrogen-bond acceptors (Lipinski definition) is 12. The molecule has 0 aromatic carbocycles. The minimum atomic E-state index is 0.703. The van der Waals surface area contributed by atoms with Gasteiger partial charge in [-0.25, -0.2) is 0 Å². The van der Waals surface area contributed by atoms with Crippen molar-refractivity contribution in [2.45, 2.75) is 253 Å². The van der Waals surface area contributed by atoms with Crippen molar-refractivity contribution < 1.29 is 4.74 Å². The highest BCUT2D eigenvalue weighted by atomic mass is 16.5. The summed E-state index contributed by atoms with van der Waals surface area (Å²) in [5.41, 5.74) is 0. The number of piperazine rings is 1. The van der Waals surface area contributed by atoms with Gasteiger partial charge in [0.25, 0.3) is 0 Å². The Morgan fingerprint density at radius 3 is 0.936 bits per heavy atom. The van der Waals surface area contributed by atoms with E-state index in [9.17, 15) is 0 Å². The third-order valence-electron chi connectivity index (χ3n) is 20.7. The van der Waals surface area contributed by atoms with Crippen LogP contribution in [0.4, 0.5) is 0 Å². The van der Waals surface area contributed by atoms with Gasteiger partial charge in [0.2, 0.25) is 0 Å². The Bertz CT molecular complexity index is 1510. The molecule has 0 amide bonds. The van der Waals surface area contributed by atoms with Gasteiger partial charge in [0.15, 0.2) is 0 Å². The number of likely N-dealkylation sites (N-methyl/N-ethyl adjacent to an activating group) is 1. The highest BCUT2D eigenvalue weighted by molar-refractivity contribution is 4.90. The van der Waals surface area contributed by atoms with Crippen LogP contribution in [0.25, 0.3) is 0 Å². The fourth-order valence-electron chi connectivity index (χ4n) is 15.4. The third kappa shape index (κ3) is 22.8. The van der Waals surface area contributed by atoms with Crippen LogP contribution in [0.3, 0.4) is 0 Å². The van der Waals surface area contributed by atoms with Crippen LogP contribution in [0.5, 0.6) is 0 Å². The van der Waals surface area contributed by atoms with Crippen LogP contribution >= 0.6 is 0 Å². The van der Waals surface area contributed by atoms with Gasteiger partial charge in [-0.1, -0.05) is 33.1 Å². The van der Waals surface area contributed by atoms with Gasteiger partial charge in [0.05, 0.1) is 13.2 Å². The van der Waals surface area contributed by atoms with Crippen molar-refractivity contribution in [1.82, 2.24) is 53.9 Å². The molecule has 12 heteroatoms. The monoisotopic (exact) mass is 1100 g/mol. The first-order chi connectivity index (χ1) is 37.5. The van der Waals surface area contributed by atoms with E-state index in [2.05, 4.69) is 144 Å². The highest BCUT2D eigenvalue weighted by Crippen LogP contribution is 2.28. The minimum Gasteiger partial charge on any atom is -0.379 e. The Morgan fingerprint density at radius 2 is 0.577 bits per heavy atom. The molecule has 10 saturated heterocycles. The van der Waals surface area contributed by atoms with Crippen molar-refractivity contribution in [2.24, 2.45) is 11.8 Å². The van der Waals surface area contributed by atoms with Gasteiger partial charge >= 0.3 is 0 Å². The summed E-state index contributed by atoms with van der Waals surface area (Å²) in [4.78, 5) is 29.3. The molecule has 12 nitrogen and oxygen atoms in total. The van der Waals surface area contributed by atoms with Gasteiger partial charge in [-0.3, -0.25) is 49.0 Å². The molecule has 0 spiro atoms. The second kappa shape index (κ2) is 35.7. The van der Waals surface area contributed by atoms with Crippen LogP contribution in [-0.4, -0.2) is 279 Å². The molecular weight excluding hydrogens is 963 g/mol. The van der Waals surface area contributed by atoms with Crippen molar-refractivity contribution >= 4 is 0 Å². The summed E-state index contributed by atoms with van der Waals surface area (Å²) in [5.74, 6) is 1.79. The maximum atomic E-state index is 5.41. The lowest BCUT2D eigenvalue weighted by Crippen LogP contribution is -2.55. The van der Waals surface area contributed by atoms with Crippen molar-refractivity contribution in [3.63, 3.8) is 0 Å². The molecule has 0 aromatic heterocycles. The SMILES string of the molecule is CC(C)N1CCC(N2CCCCCCC2)C1.CC(C)N1CCCC(N2CCCC2)C1.CC(C)N1CCCC(N2CCN(C)CC2)C1.CC(C)N1CCCC(N2CCOCC2)C1.CC1CC(C)CN(C2CCCN(C(C)C)C2)C1. The van der Waals surface area contributed by atoms with E-state index < -0.39 is 0 Å². The van der Waals surface area contributed by atoms with Crippen molar-refractivity contribution in [1.29, 1.82) is 0 Å². The van der Waals surface area contributed by atoms with E-state index in [4.69, 9.17) is 4.74 Å². The number of ether oxygens (including phenoxy) is 1. The molecule has 10 aliphatic rings. The number of nitrogens with zero attached hydrogens (tertiary/aromatic N) is 11. The summed E-state index contributed by atoms with van der Waals surface area (Å²) >= 11 is 0. The van der Waals surface area contributed by atoms with Gasteiger partial charge in [0.1, 0.15) is 0 Å². The van der Waals surface area contributed by atoms with E-state index in [0.29, 0.717) is 6.04 Å². The van der Waals surface area contributed by atoms with E-state index in [-0.39, 0.29) is 0 Å². The van der Waals surface area contributed by atoms with Crippen LogP contribution < -0.4 is 0 Å². The Labute approximate surface area is 485 Å². The Balaban J connectivity index is 0.000000158. The number of likely N-dealkylation sites (tertiary alicyclic amines) is 8. The molecule has 10 rings (SSSR count). The molecule has 0 N–H and O–H groups in total. The largest absolute Gasteiger partial charge is 0.379 e. The fourth-order valence-corrected chi connectivity index (χ4v) is 15.4. The summed E-state index contributed by atoms with van der Waals surface area (Å²) in [6.45, 7) is 58.4. The maximum Gasteiger partial charge on any atom is 0.0594 e. The molecule has 0 aliphatic carbocycles. The molecule has 0 bridgehead atoms. The summed E-state index contributed by atoms with van der Waals surface area (Å²) < 4.78 is 5.41. The standard InChI is InChI=1S/C15H30N2.C14H28N2.C13H27N3.C12H24N2O.C12H24N2/c1-12(2)16-7-5-6-15(11-16)17-9-13(3)8-14(4)10-17;1-13(2)16-11-8-14(12-16)15-9-6-4-3-5-7-10-15;1-12(2)16-6-4-5-13(11-16)15-9-7-14(3)8-10-15;1-11(2)14-5-3-4-12(10-14)13-6-8-15-9-7-13;1-11(2)14-9-5-6-12(10-14)13-7-3-4-8-13/h12-15H,5-11H2,1-4H3;13-14H,3-12H2,1-2H3;12-13H,4-11H2,1-3H3;11-12H,3-10H2,1-2H3;11-12H,3-10H2,1-2H3. The van der Waals surface area contributed by atoms with E-state index in [1.54, 1.807) is 0 Å². The van der Waals surface area contributed by atoms with Crippen LogP contribution in [0, 0.1) is 11.8 Å². The van der Waals surface area contributed by atoms with E-state index >= 15 is 0 Å². The Morgan fingerprint density at radius 1 is 0.282 bits per heavy atom. The zero-order chi connectivity index (χ0) is 56.0. The topological polar surface area (TPSA) is 44.9 Å². The van der Waals surface area contributed by atoms with Crippen molar-refractivity contribution in [2.75, 3.05) is 164 Å². The fraction of sp³-hybridized carbons (Fsp3) is 1.00. The molecule has 0 saturated carbocycles. The van der Waals surface area contributed by atoms with Crippen molar-refractivity contribution in [3.8, 4) is 0 Å². The van der Waals surface area contributed by atoms with Crippen molar-refractivity contribution in [3.05, 3.63) is 0 Å². The lowest BCUT2D eigenvalue weighted by Gasteiger charge is -2.45. The molecule has 10 aliphatic heterocycles. The normalized spacial score (nSPS) is 32.5. The average Bonchev–Trinajstić information content (AvgIpc) is 4.17. The molecule has 10 heterocycles. The van der Waals surface area contributed by atoms with Gasteiger partial charge in [-0.15, -0.1) is 0 Å². The van der Waals surface area contributed by atoms with Crippen LogP contribution in [0.15, 0.2) is 0 Å². The molecule has 0 radical (unpaired) electrons. The van der Waals surface area contributed by atoms with Crippen LogP contribution in [-0.2, 0) is 4.74 Å². The molecule has 458 valence electrons. The Kier molecular flexibility index (Phi) is 30.5. The molecule has 7 atom stereocenters. The molecule has 0 aromatic rings. The van der Waals surface area contributed by atoms with Gasteiger partial charge in [0, 0.05) is 152 Å². The van der Waals surface area contributed by atoms with E-state index in [0.717, 1.165) is 92.5 Å². The number of hydrogen-bond donors (Lipinski definition) is 0. The molecule has 7 unspecified atom stereocenters. The second-order valence-corrected chi connectivity index (χ2v) is 28.5. The van der Waals surface area contributed by atoms with Gasteiger partial charge in [-0.2, -0.15) is 0 Å². The summed E-state index contributed by atoms with van der Waals surface area (Å²) in [6, 6.07) is 7.78. The Hall–Kier alpha value is -0.480. The predicted octanol–water partition coefficient (Wildman–Crippen LogP) is 9.83. The summed E-state index contributed by atoms with van der Waals surface area (Å²) in [5, 5.41) is 0. The number of morpholine rings is 1. The zero-order valence-electron chi connectivity index (χ0n) is 54.2. The quantitative estimate of drug-likeness (QED) is 0.210. The zero-order valence-corrected chi connectivity index (χ0v) is 54.2. The number of piperidine rings is 5. The molecule has 78 heavy (non-hydrogen) atoms. The first kappa shape index (κ1) is 66.7. The summed E-state index contributed by atoms with van der Waals surface area (Å²) in [6.07, 6.45) is 24.1. The second-order valence-electron chi connectivity index (χ2n) is 28.5. The average molecular weight is 1100 g/mol. The van der Waals surface area contributed by atoms with E-state index in [1.807, 2.05) is 0 Å². The smallest absolute Gasteiger partial charge is 0.0594 e. The molecular formula is C66H133N11O. The lowest BCUT2D eigenvalue weighted by atomic mass is 9.89. The lowest BCUT2D eigenvalue weighted by molar-refractivity contribution is -0.00644. The van der Waals surface area contributed by atoms with Gasteiger partial charge in [-0.05, 0) is 230 Å². The first-order valence-electron chi connectivity index (χ1n) is 34.2. The predicted molar refractivity (Wildman–Crippen MR) is 335 cm³/mol. The first-order valence-corrected chi connectivity index (χ1v) is 34.2. The van der Waals surface area contributed by atoms with Gasteiger partial charge < -0.3 is 9.64 Å².